The highest BCUT2D eigenvalue weighted by Crippen LogP contribution is 2.30. The molecule has 0 aromatic heterocycles. The van der Waals surface area contributed by atoms with Gasteiger partial charge < -0.3 is 34.1 Å². The summed E-state index contributed by atoms with van der Waals surface area (Å²) < 4.78 is 22.2. The molecule has 1 aromatic rings. The zero-order valence-corrected chi connectivity index (χ0v) is 25.3. The Kier molecular flexibility index (Phi) is 13.9. The lowest BCUT2D eigenvalue weighted by atomic mass is 9.95. The third-order valence-corrected chi connectivity index (χ3v) is 6.81. The fourth-order valence-electron chi connectivity index (χ4n) is 4.83. The molecule has 9 nitrogen and oxygen atoms in total. The average molecular weight is 550 g/mol. The van der Waals surface area contributed by atoms with Crippen molar-refractivity contribution < 1.29 is 28.5 Å². The maximum atomic E-state index is 13.7. The Morgan fingerprint density at radius 1 is 0.949 bits per heavy atom. The van der Waals surface area contributed by atoms with Crippen molar-refractivity contribution in [2.24, 2.45) is 23.7 Å². The van der Waals surface area contributed by atoms with Gasteiger partial charge in [-0.25, -0.2) is 4.79 Å². The summed E-state index contributed by atoms with van der Waals surface area (Å²) in [4.78, 5) is 30.3. The van der Waals surface area contributed by atoms with Crippen LogP contribution in [0.15, 0.2) is 18.2 Å². The van der Waals surface area contributed by atoms with E-state index in [0.717, 1.165) is 19.5 Å². The van der Waals surface area contributed by atoms with Gasteiger partial charge in [0.1, 0.15) is 0 Å². The van der Waals surface area contributed by atoms with Gasteiger partial charge in [0.25, 0.3) is 5.91 Å². The third-order valence-electron chi connectivity index (χ3n) is 6.81. The predicted molar refractivity (Wildman–Crippen MR) is 154 cm³/mol. The van der Waals surface area contributed by atoms with E-state index in [4.69, 9.17) is 18.9 Å². The molecule has 1 aliphatic rings. The maximum Gasteiger partial charge on any atom is 0.409 e. The van der Waals surface area contributed by atoms with Crippen LogP contribution in [0, 0.1) is 23.7 Å². The van der Waals surface area contributed by atoms with Gasteiger partial charge in [-0.1, -0.05) is 27.7 Å². The van der Waals surface area contributed by atoms with E-state index < -0.39 is 0 Å². The zero-order valence-electron chi connectivity index (χ0n) is 25.3. The van der Waals surface area contributed by atoms with Crippen LogP contribution in [0.2, 0.25) is 0 Å². The molecule has 9 heteroatoms. The average Bonchev–Trinajstić information content (AvgIpc) is 3.33. The second kappa shape index (κ2) is 16.6. The molecule has 1 aromatic carbocycles. The van der Waals surface area contributed by atoms with Crippen molar-refractivity contribution in [3.05, 3.63) is 23.8 Å². The molecule has 0 unspecified atom stereocenters. The van der Waals surface area contributed by atoms with Gasteiger partial charge in [0.15, 0.2) is 11.5 Å². The number of amides is 2. The van der Waals surface area contributed by atoms with E-state index in [2.05, 4.69) is 33.0 Å². The fraction of sp³-hybridized carbons (Fsp3) is 0.733. The molecule has 1 N–H and O–H groups in total. The van der Waals surface area contributed by atoms with Crippen LogP contribution in [0.3, 0.4) is 0 Å². The van der Waals surface area contributed by atoms with E-state index in [0.29, 0.717) is 68.4 Å². The van der Waals surface area contributed by atoms with Crippen molar-refractivity contribution in [2.45, 2.75) is 54.0 Å². The van der Waals surface area contributed by atoms with Gasteiger partial charge in [-0.3, -0.25) is 4.79 Å². The van der Waals surface area contributed by atoms with Crippen LogP contribution in [0.1, 0.15) is 58.3 Å². The molecule has 1 heterocycles. The van der Waals surface area contributed by atoms with Gasteiger partial charge in [-0.2, -0.15) is 0 Å². The molecule has 2 rings (SSSR count). The first-order valence-corrected chi connectivity index (χ1v) is 14.3. The standard InChI is InChI=1S/C30H51N3O6/c1-21(2)17-32(18-22(3)4)30(35)39-20-26-16-31-15-25(26)19-33(23(5)6)29(34)24-10-11-27(37-8)28(14-24)38-13-9-12-36-7/h10-11,14,21-23,25-26,31H,9,12-13,15-20H2,1-8H3/t25-,26-/m0/s1. The molecule has 0 spiro atoms. The second-order valence-corrected chi connectivity index (χ2v) is 11.6. The lowest BCUT2D eigenvalue weighted by molar-refractivity contribution is 0.0577. The maximum absolute atomic E-state index is 13.7. The number of methoxy groups -OCH3 is 2. The summed E-state index contributed by atoms with van der Waals surface area (Å²) in [6, 6.07) is 5.31. The molecule has 0 aliphatic carbocycles. The summed E-state index contributed by atoms with van der Waals surface area (Å²) in [6.07, 6.45) is 0.486. The van der Waals surface area contributed by atoms with Crippen molar-refractivity contribution in [1.82, 2.24) is 15.1 Å². The Morgan fingerprint density at radius 2 is 1.62 bits per heavy atom. The first-order valence-electron chi connectivity index (χ1n) is 14.3. The van der Waals surface area contributed by atoms with Gasteiger partial charge in [0.05, 0.1) is 20.3 Å². The second-order valence-electron chi connectivity index (χ2n) is 11.6. The minimum Gasteiger partial charge on any atom is -0.493 e. The number of carbonyl (C=O) groups is 2. The summed E-state index contributed by atoms with van der Waals surface area (Å²) in [5.41, 5.74) is 0.554. The molecule has 1 saturated heterocycles. The third kappa shape index (κ3) is 10.5. The summed E-state index contributed by atoms with van der Waals surface area (Å²) in [5, 5.41) is 3.43. The van der Waals surface area contributed by atoms with Crippen molar-refractivity contribution in [2.75, 3.05) is 66.8 Å². The monoisotopic (exact) mass is 549 g/mol. The van der Waals surface area contributed by atoms with Crippen LogP contribution < -0.4 is 14.8 Å². The first kappa shape index (κ1) is 32.7. The minimum atomic E-state index is -0.254. The Morgan fingerprint density at radius 3 is 2.21 bits per heavy atom. The molecule has 222 valence electrons. The van der Waals surface area contributed by atoms with Crippen LogP contribution in [0.5, 0.6) is 11.5 Å². The molecule has 0 saturated carbocycles. The molecule has 0 bridgehead atoms. The summed E-state index contributed by atoms with van der Waals surface area (Å²) in [7, 11) is 3.24. The molecule has 39 heavy (non-hydrogen) atoms. The van der Waals surface area contributed by atoms with Crippen LogP contribution in [0.25, 0.3) is 0 Å². The Balaban J connectivity index is 2.07. The van der Waals surface area contributed by atoms with Gasteiger partial charge >= 0.3 is 6.09 Å². The SMILES string of the molecule is COCCCOc1cc(C(=O)N(C[C@@H]2CNC[C@H]2COC(=O)N(CC(C)C)CC(C)C)C(C)C)ccc1OC. The number of benzene rings is 1. The highest BCUT2D eigenvalue weighted by Gasteiger charge is 2.33. The minimum absolute atomic E-state index is 0.00190. The molecule has 1 fully saturated rings. The first-order chi connectivity index (χ1) is 18.6. The molecule has 2 atom stereocenters. The smallest absolute Gasteiger partial charge is 0.409 e. The molecular formula is C30H51N3O6. The number of hydrogen-bond donors (Lipinski definition) is 1. The Hall–Kier alpha value is -2.52. The predicted octanol–water partition coefficient (Wildman–Crippen LogP) is 4.55. The van der Waals surface area contributed by atoms with E-state index in [1.165, 1.54) is 0 Å². The van der Waals surface area contributed by atoms with E-state index >= 15 is 0 Å². The molecule has 0 radical (unpaired) electrons. The number of nitrogens with zero attached hydrogens (tertiary/aromatic N) is 2. The lowest BCUT2D eigenvalue weighted by Crippen LogP contribution is -2.43. The Labute approximate surface area is 235 Å². The highest BCUT2D eigenvalue weighted by molar-refractivity contribution is 5.95. The lowest BCUT2D eigenvalue weighted by Gasteiger charge is -2.32. The van der Waals surface area contributed by atoms with Crippen molar-refractivity contribution in [3.8, 4) is 11.5 Å². The number of nitrogens with one attached hydrogen (secondary N) is 1. The van der Waals surface area contributed by atoms with Gasteiger partial charge in [0.2, 0.25) is 0 Å². The number of hydrogen-bond acceptors (Lipinski definition) is 7. The van der Waals surface area contributed by atoms with Gasteiger partial charge in [-0.05, 0) is 49.8 Å². The number of ether oxygens (including phenoxy) is 4. The van der Waals surface area contributed by atoms with Gasteiger partial charge in [0, 0.05) is 70.4 Å². The van der Waals surface area contributed by atoms with Crippen LogP contribution in [-0.4, -0.2) is 94.6 Å². The van der Waals surface area contributed by atoms with E-state index in [-0.39, 0.29) is 29.9 Å². The van der Waals surface area contributed by atoms with Gasteiger partial charge in [-0.15, -0.1) is 0 Å². The Bertz CT molecular complexity index is 881. The molecular weight excluding hydrogens is 498 g/mol. The summed E-state index contributed by atoms with van der Waals surface area (Å²) >= 11 is 0. The van der Waals surface area contributed by atoms with Crippen molar-refractivity contribution in [3.63, 3.8) is 0 Å². The molecule has 2 amide bonds. The normalized spacial score (nSPS) is 17.1. The van der Waals surface area contributed by atoms with Crippen molar-refractivity contribution >= 4 is 12.0 Å². The van der Waals surface area contributed by atoms with E-state index in [9.17, 15) is 9.59 Å². The number of carbonyl (C=O) groups excluding carboxylic acids is 2. The number of rotatable bonds is 16. The molecule has 1 aliphatic heterocycles. The topological polar surface area (TPSA) is 89.6 Å². The van der Waals surface area contributed by atoms with Crippen LogP contribution in [0.4, 0.5) is 4.79 Å². The summed E-state index contributed by atoms with van der Waals surface area (Å²) in [5.74, 6) is 2.13. The fourth-order valence-corrected chi connectivity index (χ4v) is 4.83. The van der Waals surface area contributed by atoms with Crippen LogP contribution >= 0.6 is 0 Å². The van der Waals surface area contributed by atoms with Crippen molar-refractivity contribution in [1.29, 1.82) is 0 Å². The highest BCUT2D eigenvalue weighted by atomic mass is 16.6. The van der Waals surface area contributed by atoms with Crippen LogP contribution in [-0.2, 0) is 9.47 Å². The van der Waals surface area contributed by atoms with E-state index in [1.807, 2.05) is 23.6 Å². The largest absolute Gasteiger partial charge is 0.493 e. The quantitative estimate of drug-likeness (QED) is 0.303. The zero-order chi connectivity index (χ0) is 28.9. The summed E-state index contributed by atoms with van der Waals surface area (Å²) in [6.45, 7) is 17.3. The van der Waals surface area contributed by atoms with E-state index in [1.54, 1.807) is 32.4 Å².